The van der Waals surface area contributed by atoms with E-state index in [2.05, 4.69) is 34.6 Å². The molecular formula is C20H16N2O3. The van der Waals surface area contributed by atoms with E-state index in [-0.39, 0.29) is 18.3 Å². The monoisotopic (exact) mass is 332 g/mol. The van der Waals surface area contributed by atoms with Gasteiger partial charge in [-0.2, -0.15) is 0 Å². The molecule has 0 spiro atoms. The van der Waals surface area contributed by atoms with Crippen molar-refractivity contribution in [2.45, 2.75) is 12.0 Å². The van der Waals surface area contributed by atoms with E-state index >= 15 is 0 Å². The number of carbonyl (C=O) groups excluding carboxylic acids is 2. The van der Waals surface area contributed by atoms with E-state index in [9.17, 15) is 9.59 Å². The zero-order valence-corrected chi connectivity index (χ0v) is 13.4. The van der Waals surface area contributed by atoms with Crippen LogP contribution in [0.4, 0.5) is 4.79 Å². The number of fused-ring (bicyclic) bond motifs is 3. The van der Waals surface area contributed by atoms with Crippen LogP contribution in [0.15, 0.2) is 65.8 Å². The van der Waals surface area contributed by atoms with Crippen molar-refractivity contribution in [1.82, 2.24) is 5.32 Å². The van der Waals surface area contributed by atoms with Crippen LogP contribution < -0.4 is 5.32 Å². The summed E-state index contributed by atoms with van der Waals surface area (Å²) in [5.41, 5.74) is 4.64. The highest BCUT2D eigenvalue weighted by molar-refractivity contribution is 6.08. The van der Waals surface area contributed by atoms with Gasteiger partial charge in [-0.3, -0.25) is 9.79 Å². The van der Waals surface area contributed by atoms with E-state index in [1.54, 1.807) is 0 Å². The number of nitrogens with one attached hydrogen (secondary N) is 1. The summed E-state index contributed by atoms with van der Waals surface area (Å²) in [5.74, 6) is -0.225. The van der Waals surface area contributed by atoms with Crippen molar-refractivity contribution in [3.05, 3.63) is 71.9 Å². The van der Waals surface area contributed by atoms with E-state index in [1.807, 2.05) is 24.3 Å². The molecule has 0 saturated carbocycles. The predicted molar refractivity (Wildman–Crippen MR) is 94.6 cm³/mol. The maximum atomic E-state index is 12.1. The Kier molecular flexibility index (Phi) is 3.90. The van der Waals surface area contributed by atoms with Gasteiger partial charge in [0, 0.05) is 24.4 Å². The van der Waals surface area contributed by atoms with Gasteiger partial charge in [0.25, 0.3) is 0 Å². The second kappa shape index (κ2) is 6.36. The lowest BCUT2D eigenvalue weighted by atomic mass is 9.98. The summed E-state index contributed by atoms with van der Waals surface area (Å²) in [6.45, 7) is 0.216. The van der Waals surface area contributed by atoms with Crippen LogP contribution in [-0.2, 0) is 9.53 Å². The molecule has 1 aliphatic heterocycles. The van der Waals surface area contributed by atoms with E-state index in [0.717, 1.165) is 11.1 Å². The van der Waals surface area contributed by atoms with Crippen LogP contribution in [0, 0.1) is 0 Å². The highest BCUT2D eigenvalue weighted by atomic mass is 16.5. The number of nitrogens with zero attached hydrogens (tertiary/aromatic N) is 1. The molecule has 124 valence electrons. The third-order valence-electron chi connectivity index (χ3n) is 4.48. The molecule has 2 aromatic rings. The van der Waals surface area contributed by atoms with Crippen molar-refractivity contribution < 1.29 is 14.3 Å². The Morgan fingerprint density at radius 3 is 2.32 bits per heavy atom. The van der Waals surface area contributed by atoms with Crippen molar-refractivity contribution in [3.63, 3.8) is 0 Å². The van der Waals surface area contributed by atoms with Crippen LogP contribution in [0.1, 0.15) is 17.0 Å². The third kappa shape index (κ3) is 2.85. The van der Waals surface area contributed by atoms with E-state index < -0.39 is 12.1 Å². The van der Waals surface area contributed by atoms with E-state index in [4.69, 9.17) is 4.74 Å². The maximum absolute atomic E-state index is 12.1. The molecule has 2 aliphatic rings. The molecule has 0 fully saturated rings. The van der Waals surface area contributed by atoms with Crippen molar-refractivity contribution in [2.75, 3.05) is 6.61 Å². The molecule has 0 radical (unpaired) electrons. The number of ether oxygens (including phenoxy) is 1. The van der Waals surface area contributed by atoms with Crippen LogP contribution in [0.3, 0.4) is 0 Å². The van der Waals surface area contributed by atoms with Crippen LogP contribution >= 0.6 is 0 Å². The minimum atomic E-state index is -0.763. The molecule has 1 aliphatic carbocycles. The quantitative estimate of drug-likeness (QED) is 0.939. The van der Waals surface area contributed by atoms with Gasteiger partial charge >= 0.3 is 6.09 Å². The summed E-state index contributed by atoms with van der Waals surface area (Å²) < 4.78 is 5.40. The molecule has 1 amide bonds. The summed E-state index contributed by atoms with van der Waals surface area (Å²) in [6.07, 6.45) is 3.50. The fourth-order valence-electron chi connectivity index (χ4n) is 3.30. The Morgan fingerprint density at radius 1 is 1.04 bits per heavy atom. The fourth-order valence-corrected chi connectivity index (χ4v) is 3.30. The molecule has 0 bridgehead atoms. The largest absolute Gasteiger partial charge is 0.449 e. The lowest BCUT2D eigenvalue weighted by molar-refractivity contribution is -0.115. The Bertz CT molecular complexity index is 856. The van der Waals surface area contributed by atoms with Crippen LogP contribution in [0.25, 0.3) is 11.1 Å². The highest BCUT2D eigenvalue weighted by Gasteiger charge is 2.29. The molecule has 5 nitrogen and oxygen atoms in total. The van der Waals surface area contributed by atoms with Gasteiger partial charge < -0.3 is 10.1 Å². The second-order valence-corrected chi connectivity index (χ2v) is 5.96. The number of ketones is 1. The molecule has 0 saturated heterocycles. The minimum absolute atomic E-state index is 0.00577. The SMILES string of the molecule is O=C(N[C@H]1C=NC=CC1=O)OCC1c2ccccc2-c2ccccc21. The third-order valence-corrected chi connectivity index (χ3v) is 4.48. The molecule has 1 atom stereocenters. The van der Waals surface area contributed by atoms with Crippen molar-refractivity contribution in [2.24, 2.45) is 4.99 Å². The van der Waals surface area contributed by atoms with Gasteiger partial charge in [-0.1, -0.05) is 48.5 Å². The first-order valence-corrected chi connectivity index (χ1v) is 8.09. The Labute approximate surface area is 145 Å². The van der Waals surface area contributed by atoms with Gasteiger partial charge in [0.2, 0.25) is 0 Å². The Balaban J connectivity index is 1.48. The number of benzene rings is 2. The number of alkyl carbamates (subject to hydrolysis) is 1. The molecule has 25 heavy (non-hydrogen) atoms. The van der Waals surface area contributed by atoms with Gasteiger partial charge in [0.1, 0.15) is 12.6 Å². The Hall–Kier alpha value is -3.21. The van der Waals surface area contributed by atoms with Crippen LogP contribution in [0.5, 0.6) is 0 Å². The lowest BCUT2D eigenvalue weighted by Gasteiger charge is -2.17. The van der Waals surface area contributed by atoms with Crippen LogP contribution in [-0.4, -0.2) is 30.7 Å². The summed E-state index contributed by atoms with van der Waals surface area (Å²) in [6, 6.07) is 15.5. The molecule has 1 heterocycles. The molecular weight excluding hydrogens is 316 g/mol. The van der Waals surface area contributed by atoms with Gasteiger partial charge in [-0.25, -0.2) is 4.79 Å². The van der Waals surface area contributed by atoms with Gasteiger partial charge in [-0.15, -0.1) is 0 Å². The van der Waals surface area contributed by atoms with Crippen LogP contribution in [0.2, 0.25) is 0 Å². The average Bonchev–Trinajstić information content (AvgIpc) is 2.96. The zero-order chi connectivity index (χ0) is 17.2. The maximum Gasteiger partial charge on any atom is 0.408 e. The number of hydrogen-bond acceptors (Lipinski definition) is 4. The van der Waals surface area contributed by atoms with Crippen molar-refractivity contribution in [3.8, 4) is 11.1 Å². The molecule has 0 aromatic heterocycles. The first kappa shape index (κ1) is 15.3. The number of aliphatic imine (C=N–C) groups is 1. The second-order valence-electron chi connectivity index (χ2n) is 5.96. The zero-order valence-electron chi connectivity index (χ0n) is 13.4. The number of carbonyl (C=O) groups is 2. The lowest BCUT2D eigenvalue weighted by Crippen LogP contribution is -2.42. The molecule has 1 N–H and O–H groups in total. The number of rotatable bonds is 3. The topological polar surface area (TPSA) is 67.8 Å². The number of amides is 1. The molecule has 4 rings (SSSR count). The summed E-state index contributed by atoms with van der Waals surface area (Å²) in [7, 11) is 0. The summed E-state index contributed by atoms with van der Waals surface area (Å²) in [5, 5.41) is 2.53. The van der Waals surface area contributed by atoms with E-state index in [0.29, 0.717) is 0 Å². The van der Waals surface area contributed by atoms with Crippen molar-refractivity contribution in [1.29, 1.82) is 0 Å². The Morgan fingerprint density at radius 2 is 1.68 bits per heavy atom. The molecule has 0 unspecified atom stereocenters. The summed E-state index contributed by atoms with van der Waals surface area (Å²) >= 11 is 0. The van der Waals surface area contributed by atoms with Gasteiger partial charge in [0.05, 0.1) is 0 Å². The predicted octanol–water partition coefficient (Wildman–Crippen LogP) is 3.06. The minimum Gasteiger partial charge on any atom is -0.449 e. The standard InChI is InChI=1S/C20H16N2O3/c23-19-9-10-21-11-18(19)22-20(24)25-12-17-15-7-3-1-5-13(15)14-6-2-4-8-16(14)17/h1-11,17-18H,12H2,(H,22,24)/t18-/m0/s1. The fraction of sp³-hybridized carbons (Fsp3) is 0.150. The van der Waals surface area contributed by atoms with E-state index in [1.165, 1.54) is 29.6 Å². The first-order valence-electron chi connectivity index (χ1n) is 8.09. The van der Waals surface area contributed by atoms with Gasteiger partial charge in [0.15, 0.2) is 5.78 Å². The highest BCUT2D eigenvalue weighted by Crippen LogP contribution is 2.44. The molecule has 5 heteroatoms. The number of hydrogen-bond donors (Lipinski definition) is 1. The normalized spacial score (nSPS) is 17.9. The van der Waals surface area contributed by atoms with Gasteiger partial charge in [-0.05, 0) is 22.3 Å². The summed E-state index contributed by atoms with van der Waals surface area (Å²) in [4.78, 5) is 27.6. The van der Waals surface area contributed by atoms with Crippen molar-refractivity contribution >= 4 is 18.1 Å². The molecule has 2 aromatic carbocycles. The smallest absolute Gasteiger partial charge is 0.408 e. The first-order chi connectivity index (χ1) is 12.2. The average molecular weight is 332 g/mol.